The summed E-state index contributed by atoms with van der Waals surface area (Å²) < 4.78 is 0. The molecule has 1 aromatic carbocycles. The Labute approximate surface area is 87.7 Å². The third-order valence-electron chi connectivity index (χ3n) is 2.09. The van der Waals surface area contributed by atoms with Crippen LogP contribution in [0.1, 0.15) is 34.6 Å². The number of carboxylic acids is 1. The van der Waals surface area contributed by atoms with Crippen LogP contribution in [-0.2, 0) is 0 Å². The van der Waals surface area contributed by atoms with Gasteiger partial charge in [0.2, 0.25) is 0 Å². The Morgan fingerprint density at radius 3 is 2.33 bits per heavy atom. The molecule has 4 heteroatoms. The van der Waals surface area contributed by atoms with Crippen molar-refractivity contribution in [3.8, 4) is 0 Å². The molecular formula is C11H13NO3. The van der Waals surface area contributed by atoms with Crippen molar-refractivity contribution in [2.45, 2.75) is 13.8 Å². The highest BCUT2D eigenvalue weighted by molar-refractivity contribution is 6.01. The number of carbonyl (C=O) groups excluding carboxylic acids is 1. The molecule has 0 aliphatic heterocycles. The van der Waals surface area contributed by atoms with Gasteiger partial charge in [0.15, 0.2) is 5.78 Å². The summed E-state index contributed by atoms with van der Waals surface area (Å²) in [4.78, 5) is 22.2. The molecular weight excluding hydrogens is 194 g/mol. The van der Waals surface area contributed by atoms with Crippen LogP contribution >= 0.6 is 0 Å². The second kappa shape index (κ2) is 4.13. The molecule has 4 nitrogen and oxygen atoms in total. The van der Waals surface area contributed by atoms with E-state index in [1.807, 2.05) is 0 Å². The first kappa shape index (κ1) is 11.2. The van der Waals surface area contributed by atoms with Crippen LogP contribution in [0.3, 0.4) is 0 Å². The highest BCUT2D eigenvalue weighted by Crippen LogP contribution is 2.16. The number of hydrogen-bond acceptors (Lipinski definition) is 3. The fraction of sp³-hybridized carbons (Fsp3) is 0.273. The largest absolute Gasteiger partial charge is 0.478 e. The summed E-state index contributed by atoms with van der Waals surface area (Å²) in [6.07, 6.45) is 0. The van der Waals surface area contributed by atoms with E-state index in [1.54, 1.807) is 13.8 Å². The predicted molar refractivity (Wildman–Crippen MR) is 57.0 cm³/mol. The highest BCUT2D eigenvalue weighted by atomic mass is 16.4. The lowest BCUT2D eigenvalue weighted by Crippen LogP contribution is -2.10. The van der Waals surface area contributed by atoms with Gasteiger partial charge in [0, 0.05) is 17.2 Å². The molecule has 0 bridgehead atoms. The number of aromatic carboxylic acids is 1. The normalized spacial score (nSPS) is 10.3. The summed E-state index contributed by atoms with van der Waals surface area (Å²) in [5, 5.41) is 8.74. The molecule has 1 aromatic rings. The Hall–Kier alpha value is -1.84. The number of carbonyl (C=O) groups is 2. The number of nitrogens with two attached hydrogens (primary N) is 1. The topological polar surface area (TPSA) is 80.4 Å². The molecule has 0 amide bonds. The maximum absolute atomic E-state index is 11.6. The van der Waals surface area contributed by atoms with E-state index in [4.69, 9.17) is 10.8 Å². The SMILES string of the molecule is CC(C)C(=O)c1ccc(C(=O)O)c(N)c1. The van der Waals surface area contributed by atoms with Crippen LogP contribution in [-0.4, -0.2) is 16.9 Å². The standard InChI is InChI=1S/C11H13NO3/c1-6(2)10(13)7-3-4-8(11(14)15)9(12)5-7/h3-6H,12H2,1-2H3,(H,14,15). The number of ketones is 1. The maximum Gasteiger partial charge on any atom is 0.337 e. The van der Waals surface area contributed by atoms with Gasteiger partial charge < -0.3 is 10.8 Å². The minimum atomic E-state index is -1.09. The van der Waals surface area contributed by atoms with Crippen LogP contribution in [0.25, 0.3) is 0 Å². The van der Waals surface area contributed by atoms with Gasteiger partial charge in [-0.05, 0) is 12.1 Å². The molecule has 0 saturated heterocycles. The minimum Gasteiger partial charge on any atom is -0.478 e. The lowest BCUT2D eigenvalue weighted by molar-refractivity contribution is 0.0697. The summed E-state index contributed by atoms with van der Waals surface area (Å²) in [7, 11) is 0. The van der Waals surface area contributed by atoms with Crippen molar-refractivity contribution >= 4 is 17.4 Å². The second-order valence-corrected chi connectivity index (χ2v) is 3.63. The van der Waals surface area contributed by atoms with E-state index in [2.05, 4.69) is 0 Å². The van der Waals surface area contributed by atoms with E-state index in [9.17, 15) is 9.59 Å². The molecule has 0 fully saturated rings. The fourth-order valence-corrected chi connectivity index (χ4v) is 1.24. The lowest BCUT2D eigenvalue weighted by atomic mass is 9.99. The van der Waals surface area contributed by atoms with Gasteiger partial charge in [-0.15, -0.1) is 0 Å². The molecule has 0 radical (unpaired) electrons. The Balaban J connectivity index is 3.12. The predicted octanol–water partition coefficient (Wildman–Crippen LogP) is 1.81. The molecule has 80 valence electrons. The van der Waals surface area contributed by atoms with Gasteiger partial charge >= 0.3 is 5.97 Å². The van der Waals surface area contributed by atoms with Crippen LogP contribution in [0, 0.1) is 5.92 Å². The molecule has 0 atom stereocenters. The minimum absolute atomic E-state index is 0.0234. The number of carboxylic acid groups (broad SMARTS) is 1. The van der Waals surface area contributed by atoms with Crippen molar-refractivity contribution in [3.05, 3.63) is 29.3 Å². The lowest BCUT2D eigenvalue weighted by Gasteiger charge is -2.06. The molecule has 1 rings (SSSR count). The molecule has 0 aliphatic rings. The van der Waals surface area contributed by atoms with Gasteiger partial charge in [-0.1, -0.05) is 19.9 Å². The average Bonchev–Trinajstić information content (AvgIpc) is 2.15. The Morgan fingerprint density at radius 1 is 1.33 bits per heavy atom. The fourth-order valence-electron chi connectivity index (χ4n) is 1.24. The number of nitrogen functional groups attached to an aromatic ring is 1. The Kier molecular flexibility index (Phi) is 3.09. The molecule has 0 aliphatic carbocycles. The summed E-state index contributed by atoms with van der Waals surface area (Å²) >= 11 is 0. The van der Waals surface area contributed by atoms with Crippen molar-refractivity contribution < 1.29 is 14.7 Å². The summed E-state index contributed by atoms with van der Waals surface area (Å²) in [6.45, 7) is 3.56. The van der Waals surface area contributed by atoms with E-state index >= 15 is 0 Å². The molecule has 0 aromatic heterocycles. The van der Waals surface area contributed by atoms with Crippen LogP contribution in [0.15, 0.2) is 18.2 Å². The molecule has 0 heterocycles. The molecule has 0 unspecified atom stereocenters. The van der Waals surface area contributed by atoms with Gasteiger partial charge in [-0.2, -0.15) is 0 Å². The van der Waals surface area contributed by atoms with E-state index in [-0.39, 0.29) is 23.0 Å². The summed E-state index contributed by atoms with van der Waals surface area (Å²) in [5.74, 6) is -1.25. The first-order chi connectivity index (χ1) is 6.93. The first-order valence-corrected chi connectivity index (χ1v) is 4.60. The van der Waals surface area contributed by atoms with Crippen molar-refractivity contribution in [1.82, 2.24) is 0 Å². The van der Waals surface area contributed by atoms with Gasteiger partial charge in [0.05, 0.1) is 5.56 Å². The molecule has 0 spiro atoms. The van der Waals surface area contributed by atoms with Crippen LogP contribution in [0.2, 0.25) is 0 Å². The zero-order valence-electron chi connectivity index (χ0n) is 8.65. The zero-order valence-corrected chi connectivity index (χ0v) is 8.65. The van der Waals surface area contributed by atoms with Crippen molar-refractivity contribution in [3.63, 3.8) is 0 Å². The maximum atomic E-state index is 11.6. The van der Waals surface area contributed by atoms with E-state index in [1.165, 1.54) is 18.2 Å². The van der Waals surface area contributed by atoms with Crippen LogP contribution in [0.5, 0.6) is 0 Å². The van der Waals surface area contributed by atoms with Crippen molar-refractivity contribution in [1.29, 1.82) is 0 Å². The van der Waals surface area contributed by atoms with Gasteiger partial charge in [-0.25, -0.2) is 4.79 Å². The molecule has 15 heavy (non-hydrogen) atoms. The Bertz CT molecular complexity index is 410. The highest BCUT2D eigenvalue weighted by Gasteiger charge is 2.14. The molecule has 0 saturated carbocycles. The van der Waals surface area contributed by atoms with Crippen molar-refractivity contribution in [2.24, 2.45) is 5.92 Å². The van der Waals surface area contributed by atoms with Gasteiger partial charge in [0.1, 0.15) is 0 Å². The van der Waals surface area contributed by atoms with E-state index in [0.29, 0.717) is 5.56 Å². The van der Waals surface area contributed by atoms with E-state index in [0.717, 1.165) is 0 Å². The average molecular weight is 207 g/mol. The van der Waals surface area contributed by atoms with Gasteiger partial charge in [0.25, 0.3) is 0 Å². The van der Waals surface area contributed by atoms with Gasteiger partial charge in [-0.3, -0.25) is 4.79 Å². The smallest absolute Gasteiger partial charge is 0.337 e. The number of anilines is 1. The number of hydrogen-bond donors (Lipinski definition) is 2. The second-order valence-electron chi connectivity index (χ2n) is 3.63. The quantitative estimate of drug-likeness (QED) is 0.585. The third-order valence-corrected chi connectivity index (χ3v) is 2.09. The first-order valence-electron chi connectivity index (χ1n) is 4.60. The zero-order chi connectivity index (χ0) is 11.6. The van der Waals surface area contributed by atoms with E-state index < -0.39 is 5.97 Å². The van der Waals surface area contributed by atoms with Crippen molar-refractivity contribution in [2.75, 3.05) is 5.73 Å². The number of Topliss-reactive ketones (excluding diaryl/α,β-unsaturated/α-hetero) is 1. The monoisotopic (exact) mass is 207 g/mol. The number of rotatable bonds is 3. The summed E-state index contributed by atoms with van der Waals surface area (Å²) in [5.41, 5.74) is 6.12. The molecule has 3 N–H and O–H groups in total. The summed E-state index contributed by atoms with van der Waals surface area (Å²) in [6, 6.07) is 4.25. The van der Waals surface area contributed by atoms with Crippen LogP contribution in [0.4, 0.5) is 5.69 Å². The third kappa shape index (κ3) is 2.34. The Morgan fingerprint density at radius 2 is 1.93 bits per heavy atom. The number of benzene rings is 1. The van der Waals surface area contributed by atoms with Crippen LogP contribution < -0.4 is 5.73 Å².